The van der Waals surface area contributed by atoms with Crippen LogP contribution < -0.4 is 21.3 Å². The monoisotopic (exact) mass is 492 g/mol. The fourth-order valence-electron chi connectivity index (χ4n) is 3.87. The molecule has 36 heavy (non-hydrogen) atoms. The molecule has 0 radical (unpaired) electrons. The van der Waals surface area contributed by atoms with E-state index in [0.717, 1.165) is 16.7 Å². The highest BCUT2D eigenvalue weighted by atomic mass is 19.1. The summed E-state index contributed by atoms with van der Waals surface area (Å²) in [6.07, 6.45) is 3.69. The van der Waals surface area contributed by atoms with E-state index in [0.29, 0.717) is 35.1 Å². The van der Waals surface area contributed by atoms with Gasteiger partial charge in [0.15, 0.2) is 0 Å². The highest BCUT2D eigenvalue weighted by Gasteiger charge is 2.21. The lowest BCUT2D eigenvalue weighted by Crippen LogP contribution is -2.31. The second kappa shape index (κ2) is 12.2. The van der Waals surface area contributed by atoms with E-state index in [1.54, 1.807) is 48.2 Å². The van der Waals surface area contributed by atoms with E-state index in [1.165, 1.54) is 6.92 Å². The molecule has 0 amide bonds. The summed E-state index contributed by atoms with van der Waals surface area (Å²) in [4.78, 5) is 17.9. The minimum atomic E-state index is -1.44. The molecule has 7 nitrogen and oxygen atoms in total. The minimum Gasteiger partial charge on any atom is -0.461 e. The Hall–Kier alpha value is -3.91. The number of alkyl halides is 1. The van der Waals surface area contributed by atoms with Gasteiger partial charge in [0, 0.05) is 49.2 Å². The standard InChI is InChI=1S/C26H27FN4O3.C2H6/c1-4-33-24-12-6-18-14-22(17-5-11-23(28)19(13-17)15-29-3)26(32)31(25(18)30-24)20-7-9-21(10-8-20)34-16(2)27;1-2/h5-16,24,30H,4,28H2,1-3H3;1-2H3. The van der Waals surface area contributed by atoms with Crippen molar-refractivity contribution >= 4 is 23.8 Å². The van der Waals surface area contributed by atoms with E-state index in [-0.39, 0.29) is 11.8 Å². The van der Waals surface area contributed by atoms with E-state index < -0.39 is 6.36 Å². The molecule has 2 heterocycles. The lowest BCUT2D eigenvalue weighted by atomic mass is 10.0. The summed E-state index contributed by atoms with van der Waals surface area (Å²) in [6, 6.07) is 14.0. The zero-order chi connectivity index (χ0) is 26.2. The molecule has 0 fully saturated rings. The van der Waals surface area contributed by atoms with Gasteiger partial charge in [-0.1, -0.05) is 26.0 Å². The van der Waals surface area contributed by atoms with Crippen LogP contribution in [0.4, 0.5) is 15.9 Å². The number of fused-ring (bicyclic) bond motifs is 1. The molecule has 0 aliphatic carbocycles. The molecular formula is C28H33FN4O3. The number of benzene rings is 2. The quantitative estimate of drug-likeness (QED) is 0.328. The Balaban J connectivity index is 0.00000176. The number of hydrogen-bond acceptors (Lipinski definition) is 6. The Morgan fingerprint density at radius 3 is 2.56 bits per heavy atom. The molecule has 8 heteroatoms. The number of anilines is 2. The Morgan fingerprint density at radius 2 is 1.92 bits per heavy atom. The fraction of sp³-hybridized carbons (Fsp3) is 0.286. The first-order valence-electron chi connectivity index (χ1n) is 12.0. The molecule has 1 aromatic heterocycles. The minimum absolute atomic E-state index is 0.228. The van der Waals surface area contributed by atoms with Crippen molar-refractivity contribution in [2.75, 3.05) is 24.7 Å². The van der Waals surface area contributed by atoms with Crippen molar-refractivity contribution in [3.63, 3.8) is 0 Å². The van der Waals surface area contributed by atoms with Crippen LogP contribution in [0, 0.1) is 0 Å². The summed E-state index contributed by atoms with van der Waals surface area (Å²) < 4.78 is 25.6. The van der Waals surface area contributed by atoms with Gasteiger partial charge in [-0.05, 0) is 61.0 Å². The van der Waals surface area contributed by atoms with Crippen LogP contribution in [0.1, 0.15) is 38.8 Å². The number of nitrogens with zero attached hydrogens (tertiary/aromatic N) is 2. The number of nitrogens with one attached hydrogen (secondary N) is 1. The third-order valence-electron chi connectivity index (χ3n) is 5.37. The lowest BCUT2D eigenvalue weighted by Gasteiger charge is -2.26. The Labute approximate surface area is 211 Å². The number of rotatable bonds is 7. The largest absolute Gasteiger partial charge is 0.461 e. The molecule has 190 valence electrons. The summed E-state index contributed by atoms with van der Waals surface area (Å²) >= 11 is 0. The first kappa shape index (κ1) is 26.7. The molecule has 3 aromatic rings. The number of ether oxygens (including phenoxy) is 2. The van der Waals surface area contributed by atoms with Crippen LogP contribution in [0.5, 0.6) is 5.75 Å². The summed E-state index contributed by atoms with van der Waals surface area (Å²) in [7, 11) is 1.67. The highest BCUT2D eigenvalue weighted by molar-refractivity contribution is 5.89. The fourth-order valence-corrected chi connectivity index (χ4v) is 3.87. The molecule has 0 bridgehead atoms. The van der Waals surface area contributed by atoms with Gasteiger partial charge in [-0.25, -0.2) is 4.39 Å². The van der Waals surface area contributed by atoms with Crippen molar-refractivity contribution in [2.45, 2.75) is 40.3 Å². The van der Waals surface area contributed by atoms with Gasteiger partial charge >= 0.3 is 0 Å². The van der Waals surface area contributed by atoms with Crippen molar-refractivity contribution in [3.05, 3.63) is 76.1 Å². The van der Waals surface area contributed by atoms with Gasteiger partial charge in [0.2, 0.25) is 6.36 Å². The van der Waals surface area contributed by atoms with Gasteiger partial charge in [-0.2, -0.15) is 0 Å². The lowest BCUT2D eigenvalue weighted by molar-refractivity contribution is 0.0860. The van der Waals surface area contributed by atoms with Gasteiger partial charge in [0.05, 0.1) is 5.69 Å². The van der Waals surface area contributed by atoms with Gasteiger partial charge in [-0.15, -0.1) is 0 Å². The number of nitrogens with two attached hydrogens (primary N) is 1. The topological polar surface area (TPSA) is 90.9 Å². The van der Waals surface area contributed by atoms with Crippen LogP contribution in [0.15, 0.2) is 64.4 Å². The van der Waals surface area contributed by atoms with Gasteiger partial charge in [0.25, 0.3) is 5.56 Å². The maximum atomic E-state index is 13.8. The third-order valence-corrected chi connectivity index (χ3v) is 5.37. The van der Waals surface area contributed by atoms with Crippen molar-refractivity contribution in [3.8, 4) is 22.6 Å². The molecule has 0 spiro atoms. The molecule has 2 atom stereocenters. The van der Waals surface area contributed by atoms with Crippen LogP contribution in [0.2, 0.25) is 0 Å². The molecule has 1 aliphatic heterocycles. The second-order valence-corrected chi connectivity index (χ2v) is 7.77. The number of halogens is 1. The molecular weight excluding hydrogens is 459 g/mol. The third kappa shape index (κ3) is 5.83. The molecule has 4 rings (SSSR count). The zero-order valence-corrected chi connectivity index (χ0v) is 21.3. The van der Waals surface area contributed by atoms with Crippen molar-refractivity contribution in [1.29, 1.82) is 0 Å². The first-order chi connectivity index (χ1) is 17.4. The summed E-state index contributed by atoms with van der Waals surface area (Å²) in [5.74, 6) is 0.979. The van der Waals surface area contributed by atoms with Gasteiger partial charge in [0.1, 0.15) is 17.8 Å². The summed E-state index contributed by atoms with van der Waals surface area (Å²) in [6.45, 7) is 7.73. The number of nitrogen functional groups attached to an aromatic ring is 1. The van der Waals surface area contributed by atoms with E-state index >= 15 is 0 Å². The molecule has 2 unspecified atom stereocenters. The van der Waals surface area contributed by atoms with Crippen LogP contribution in [-0.2, 0) is 4.74 Å². The van der Waals surface area contributed by atoms with Crippen LogP contribution >= 0.6 is 0 Å². The zero-order valence-electron chi connectivity index (χ0n) is 21.3. The molecule has 1 aliphatic rings. The smallest absolute Gasteiger partial charge is 0.264 e. The average molecular weight is 493 g/mol. The Morgan fingerprint density at radius 1 is 1.19 bits per heavy atom. The van der Waals surface area contributed by atoms with E-state index in [1.807, 2.05) is 51.1 Å². The molecule has 2 aromatic carbocycles. The van der Waals surface area contributed by atoms with Crippen LogP contribution in [-0.4, -0.2) is 37.0 Å². The highest BCUT2D eigenvalue weighted by Crippen LogP contribution is 2.30. The number of hydrogen-bond donors (Lipinski definition) is 2. The Bertz CT molecular complexity index is 1300. The molecule has 3 N–H and O–H groups in total. The summed E-state index contributed by atoms with van der Waals surface area (Å²) in [5, 5.41) is 3.29. The maximum absolute atomic E-state index is 13.8. The normalized spacial score (nSPS) is 15.0. The number of pyridine rings is 1. The maximum Gasteiger partial charge on any atom is 0.264 e. The second-order valence-electron chi connectivity index (χ2n) is 7.77. The number of aromatic nitrogens is 1. The van der Waals surface area contributed by atoms with E-state index in [9.17, 15) is 9.18 Å². The molecule has 0 saturated heterocycles. The van der Waals surface area contributed by atoms with Gasteiger partial charge < -0.3 is 20.5 Å². The predicted octanol–water partition coefficient (Wildman–Crippen LogP) is 5.66. The van der Waals surface area contributed by atoms with Crippen molar-refractivity contribution in [2.24, 2.45) is 4.99 Å². The summed E-state index contributed by atoms with van der Waals surface area (Å²) in [5.41, 5.74) is 9.80. The SMILES string of the molecule is CC.CCOC1C=Cc2cc(-c3ccc(N)c(C=NC)c3)c(=O)n(-c3ccc(OC(C)F)cc3)c2N1. The van der Waals surface area contributed by atoms with E-state index in [2.05, 4.69) is 10.3 Å². The average Bonchev–Trinajstić information content (AvgIpc) is 2.87. The van der Waals surface area contributed by atoms with Crippen molar-refractivity contribution in [1.82, 2.24) is 4.57 Å². The number of aliphatic imine (C=N–C) groups is 1. The molecule has 0 saturated carbocycles. The van der Waals surface area contributed by atoms with Crippen molar-refractivity contribution < 1.29 is 13.9 Å². The first-order valence-corrected chi connectivity index (χ1v) is 12.0. The van der Waals surface area contributed by atoms with Gasteiger partial charge in [-0.3, -0.25) is 14.4 Å². The van der Waals surface area contributed by atoms with Crippen LogP contribution in [0.3, 0.4) is 0 Å². The predicted molar refractivity (Wildman–Crippen MR) is 146 cm³/mol. The Kier molecular flexibility index (Phi) is 9.02. The van der Waals surface area contributed by atoms with E-state index in [4.69, 9.17) is 15.2 Å². The van der Waals surface area contributed by atoms with Crippen LogP contribution in [0.25, 0.3) is 22.9 Å².